The van der Waals surface area contributed by atoms with Gasteiger partial charge in [-0.3, -0.25) is 4.79 Å². The monoisotopic (exact) mass is 238 g/mol. The first-order valence-corrected chi connectivity index (χ1v) is 5.79. The van der Waals surface area contributed by atoms with Crippen LogP contribution in [0.1, 0.15) is 12.5 Å². The molecule has 3 nitrogen and oxygen atoms in total. The van der Waals surface area contributed by atoms with Crippen LogP contribution < -0.4 is 4.74 Å². The van der Waals surface area contributed by atoms with Crippen molar-refractivity contribution in [2.24, 2.45) is 0 Å². The summed E-state index contributed by atoms with van der Waals surface area (Å²) in [7, 11) is 1.51. The SMILES string of the molecule is COc1cc(C=CCSC(C)=O)ccc1O. The number of hydrogen-bond donors (Lipinski definition) is 1. The highest BCUT2D eigenvalue weighted by molar-refractivity contribution is 8.13. The largest absolute Gasteiger partial charge is 0.504 e. The molecule has 0 heterocycles. The van der Waals surface area contributed by atoms with E-state index in [0.29, 0.717) is 11.5 Å². The summed E-state index contributed by atoms with van der Waals surface area (Å²) in [4.78, 5) is 10.7. The van der Waals surface area contributed by atoms with Crippen LogP contribution in [0.3, 0.4) is 0 Å². The molecule has 0 saturated carbocycles. The summed E-state index contributed by atoms with van der Waals surface area (Å²) in [6.45, 7) is 1.54. The molecule has 0 unspecified atom stereocenters. The number of phenols is 1. The number of rotatable bonds is 4. The second kappa shape index (κ2) is 6.23. The van der Waals surface area contributed by atoms with Crippen LogP contribution in [0.5, 0.6) is 11.5 Å². The second-order valence-corrected chi connectivity index (χ2v) is 4.33. The molecular weight excluding hydrogens is 224 g/mol. The summed E-state index contributed by atoms with van der Waals surface area (Å²) in [5, 5.41) is 9.49. The van der Waals surface area contributed by atoms with E-state index in [1.165, 1.54) is 18.9 Å². The van der Waals surface area contributed by atoms with E-state index in [1.807, 2.05) is 12.2 Å². The minimum Gasteiger partial charge on any atom is -0.504 e. The molecule has 1 aromatic rings. The van der Waals surface area contributed by atoms with Gasteiger partial charge in [-0.25, -0.2) is 0 Å². The molecule has 0 aromatic heterocycles. The maximum absolute atomic E-state index is 10.7. The van der Waals surface area contributed by atoms with Crippen LogP contribution in [0, 0.1) is 0 Å². The maximum atomic E-state index is 10.7. The van der Waals surface area contributed by atoms with E-state index in [2.05, 4.69) is 0 Å². The normalized spacial score (nSPS) is 10.6. The number of hydrogen-bond acceptors (Lipinski definition) is 4. The number of aromatic hydroxyl groups is 1. The molecule has 0 saturated heterocycles. The summed E-state index contributed by atoms with van der Waals surface area (Å²) >= 11 is 1.26. The van der Waals surface area contributed by atoms with E-state index >= 15 is 0 Å². The average molecular weight is 238 g/mol. The Balaban J connectivity index is 2.63. The average Bonchev–Trinajstić information content (AvgIpc) is 2.26. The fraction of sp³-hybridized carbons (Fsp3) is 0.250. The van der Waals surface area contributed by atoms with E-state index in [-0.39, 0.29) is 10.9 Å². The maximum Gasteiger partial charge on any atom is 0.186 e. The number of thioether (sulfide) groups is 1. The standard InChI is InChI=1S/C12H14O3S/c1-9(13)16-7-3-4-10-5-6-11(14)12(8-10)15-2/h3-6,8,14H,7H2,1-2H3. The van der Waals surface area contributed by atoms with E-state index < -0.39 is 0 Å². The van der Waals surface area contributed by atoms with Crippen molar-refractivity contribution < 1.29 is 14.6 Å². The van der Waals surface area contributed by atoms with Crippen LogP contribution in [-0.4, -0.2) is 23.1 Å². The summed E-state index contributed by atoms with van der Waals surface area (Å²) in [6.07, 6.45) is 3.79. The zero-order valence-electron chi connectivity index (χ0n) is 9.27. The number of phenolic OH excluding ortho intramolecular Hbond substituents is 1. The molecule has 0 aliphatic rings. The molecule has 0 fully saturated rings. The third kappa shape index (κ3) is 3.98. The van der Waals surface area contributed by atoms with Crippen molar-refractivity contribution >= 4 is 23.0 Å². The summed E-state index contributed by atoms with van der Waals surface area (Å²) in [5.74, 6) is 1.22. The lowest BCUT2D eigenvalue weighted by molar-refractivity contribution is -0.109. The topological polar surface area (TPSA) is 46.5 Å². The van der Waals surface area contributed by atoms with Gasteiger partial charge in [0.2, 0.25) is 0 Å². The van der Waals surface area contributed by atoms with Crippen molar-refractivity contribution in [2.75, 3.05) is 12.9 Å². The van der Waals surface area contributed by atoms with Crippen LogP contribution in [0.2, 0.25) is 0 Å². The number of carbonyl (C=O) groups excluding carboxylic acids is 1. The van der Waals surface area contributed by atoms with Crippen molar-refractivity contribution in [1.82, 2.24) is 0 Å². The Morgan fingerprint density at radius 2 is 2.31 bits per heavy atom. The van der Waals surface area contributed by atoms with E-state index in [0.717, 1.165) is 5.56 Å². The first kappa shape index (κ1) is 12.6. The van der Waals surface area contributed by atoms with Gasteiger partial charge in [0, 0.05) is 12.7 Å². The summed E-state index contributed by atoms with van der Waals surface area (Å²) in [5.41, 5.74) is 0.929. The number of benzene rings is 1. The van der Waals surface area contributed by atoms with Crippen molar-refractivity contribution in [1.29, 1.82) is 0 Å². The van der Waals surface area contributed by atoms with E-state index in [9.17, 15) is 9.90 Å². The van der Waals surface area contributed by atoms with Gasteiger partial charge in [-0.1, -0.05) is 30.0 Å². The molecule has 1 rings (SSSR count). The number of ether oxygens (including phenoxy) is 1. The van der Waals surface area contributed by atoms with Gasteiger partial charge < -0.3 is 9.84 Å². The Morgan fingerprint density at radius 3 is 2.94 bits per heavy atom. The zero-order chi connectivity index (χ0) is 12.0. The van der Waals surface area contributed by atoms with Crippen LogP contribution >= 0.6 is 11.8 Å². The molecule has 0 atom stereocenters. The van der Waals surface area contributed by atoms with Crippen molar-refractivity contribution in [3.63, 3.8) is 0 Å². The van der Waals surface area contributed by atoms with Gasteiger partial charge in [0.05, 0.1) is 7.11 Å². The minimum absolute atomic E-state index is 0.105. The number of methoxy groups -OCH3 is 1. The molecule has 0 radical (unpaired) electrons. The van der Waals surface area contributed by atoms with Crippen molar-refractivity contribution in [2.45, 2.75) is 6.92 Å². The van der Waals surface area contributed by atoms with E-state index in [4.69, 9.17) is 4.74 Å². The lowest BCUT2D eigenvalue weighted by Crippen LogP contribution is -1.85. The van der Waals surface area contributed by atoms with Gasteiger partial charge in [-0.15, -0.1) is 0 Å². The molecule has 1 N–H and O–H groups in total. The van der Waals surface area contributed by atoms with Gasteiger partial charge in [0.15, 0.2) is 16.6 Å². The third-order valence-corrected chi connectivity index (χ3v) is 2.66. The molecule has 0 spiro atoms. The minimum atomic E-state index is 0.105. The second-order valence-electron chi connectivity index (χ2n) is 3.14. The smallest absolute Gasteiger partial charge is 0.186 e. The van der Waals surface area contributed by atoms with Crippen LogP contribution in [0.15, 0.2) is 24.3 Å². The van der Waals surface area contributed by atoms with Crippen molar-refractivity contribution in [3.05, 3.63) is 29.8 Å². The predicted molar refractivity (Wildman–Crippen MR) is 66.8 cm³/mol. The Labute approximate surface area is 99.1 Å². The Bertz CT molecular complexity index is 399. The molecule has 0 amide bonds. The summed E-state index contributed by atoms with van der Waals surface area (Å²) < 4.78 is 4.99. The van der Waals surface area contributed by atoms with Gasteiger partial charge in [0.25, 0.3) is 0 Å². The Morgan fingerprint density at radius 1 is 1.56 bits per heavy atom. The number of carbonyl (C=O) groups is 1. The highest BCUT2D eigenvalue weighted by atomic mass is 32.2. The molecule has 86 valence electrons. The lowest BCUT2D eigenvalue weighted by Gasteiger charge is -2.03. The van der Waals surface area contributed by atoms with Gasteiger partial charge in [-0.2, -0.15) is 0 Å². The molecule has 1 aromatic carbocycles. The Kier molecular flexibility index (Phi) is 4.92. The zero-order valence-corrected chi connectivity index (χ0v) is 10.1. The van der Waals surface area contributed by atoms with Gasteiger partial charge >= 0.3 is 0 Å². The molecule has 16 heavy (non-hydrogen) atoms. The van der Waals surface area contributed by atoms with Crippen LogP contribution in [0.4, 0.5) is 0 Å². The first-order valence-electron chi connectivity index (χ1n) is 4.80. The van der Waals surface area contributed by atoms with Gasteiger partial charge in [0.1, 0.15) is 0 Å². The molecule has 0 aliphatic heterocycles. The van der Waals surface area contributed by atoms with Crippen LogP contribution in [-0.2, 0) is 4.79 Å². The fourth-order valence-electron chi connectivity index (χ4n) is 1.15. The van der Waals surface area contributed by atoms with Crippen molar-refractivity contribution in [3.8, 4) is 11.5 Å². The van der Waals surface area contributed by atoms with Gasteiger partial charge in [-0.05, 0) is 17.7 Å². The molecule has 0 aliphatic carbocycles. The summed E-state index contributed by atoms with van der Waals surface area (Å²) in [6, 6.07) is 5.10. The Hall–Kier alpha value is -1.42. The highest BCUT2D eigenvalue weighted by Crippen LogP contribution is 2.26. The third-order valence-electron chi connectivity index (χ3n) is 1.90. The predicted octanol–water partition coefficient (Wildman–Crippen LogP) is 2.69. The molecule has 0 bridgehead atoms. The highest BCUT2D eigenvalue weighted by Gasteiger charge is 2.00. The quantitative estimate of drug-likeness (QED) is 0.876. The first-order chi connectivity index (χ1) is 7.63. The van der Waals surface area contributed by atoms with E-state index in [1.54, 1.807) is 25.1 Å². The van der Waals surface area contributed by atoms with Crippen LogP contribution in [0.25, 0.3) is 6.08 Å². The fourth-order valence-corrected chi connectivity index (χ4v) is 1.57. The molecule has 4 heteroatoms. The lowest BCUT2D eigenvalue weighted by atomic mass is 10.2. The molecular formula is C12H14O3S.